The summed E-state index contributed by atoms with van der Waals surface area (Å²) >= 11 is 0. The van der Waals surface area contributed by atoms with Crippen molar-refractivity contribution in [2.45, 2.75) is 32.1 Å². The molecule has 0 radical (unpaired) electrons. The molecule has 1 amide bonds. The smallest absolute Gasteiger partial charge is 0.227 e. The molecular formula is C14H19NO. The normalized spacial score (nSPS) is 16.8. The van der Waals surface area contributed by atoms with Crippen LogP contribution in [0.4, 0.5) is 0 Å². The number of hydrogen-bond donors (Lipinski definition) is 1. The Morgan fingerprint density at radius 3 is 2.62 bits per heavy atom. The van der Waals surface area contributed by atoms with Gasteiger partial charge in [0.05, 0.1) is 5.92 Å². The van der Waals surface area contributed by atoms with Gasteiger partial charge in [0.15, 0.2) is 0 Å². The fourth-order valence-electron chi connectivity index (χ4n) is 2.09. The van der Waals surface area contributed by atoms with Gasteiger partial charge in [-0.25, -0.2) is 0 Å². The molecule has 1 aromatic rings. The maximum atomic E-state index is 12.1. The summed E-state index contributed by atoms with van der Waals surface area (Å²) in [5, 5.41) is 3.01. The van der Waals surface area contributed by atoms with Crippen molar-refractivity contribution in [3.63, 3.8) is 0 Å². The molecule has 0 bridgehead atoms. The van der Waals surface area contributed by atoms with Crippen molar-refractivity contribution in [1.82, 2.24) is 5.32 Å². The largest absolute Gasteiger partial charge is 0.356 e. The van der Waals surface area contributed by atoms with Gasteiger partial charge < -0.3 is 5.32 Å². The quantitative estimate of drug-likeness (QED) is 0.807. The lowest BCUT2D eigenvalue weighted by Crippen LogP contribution is -2.31. The molecule has 86 valence electrons. The number of hydrogen-bond acceptors (Lipinski definition) is 1. The van der Waals surface area contributed by atoms with Crippen LogP contribution in [-0.4, -0.2) is 12.5 Å². The highest BCUT2D eigenvalue weighted by atomic mass is 16.1. The topological polar surface area (TPSA) is 29.1 Å². The molecule has 1 N–H and O–H groups in total. The second kappa shape index (κ2) is 5.15. The lowest BCUT2D eigenvalue weighted by atomic mass is 9.93. The number of carbonyl (C=O) groups excluding carboxylic acids is 1. The zero-order valence-corrected chi connectivity index (χ0v) is 9.78. The Kier molecular flexibility index (Phi) is 3.60. The molecule has 2 nitrogen and oxygen atoms in total. The first kappa shape index (κ1) is 11.2. The monoisotopic (exact) mass is 217 g/mol. The first-order valence-electron chi connectivity index (χ1n) is 6.15. The molecule has 0 aliphatic heterocycles. The van der Waals surface area contributed by atoms with E-state index in [1.165, 1.54) is 18.4 Å². The zero-order chi connectivity index (χ0) is 11.4. The van der Waals surface area contributed by atoms with E-state index in [0.29, 0.717) is 5.92 Å². The number of benzene rings is 1. The van der Waals surface area contributed by atoms with Crippen LogP contribution in [0.25, 0.3) is 0 Å². The van der Waals surface area contributed by atoms with E-state index in [2.05, 4.69) is 24.4 Å². The van der Waals surface area contributed by atoms with Gasteiger partial charge in [0, 0.05) is 6.54 Å². The van der Waals surface area contributed by atoms with Crippen molar-refractivity contribution in [3.05, 3.63) is 35.9 Å². The minimum Gasteiger partial charge on any atom is -0.356 e. The van der Waals surface area contributed by atoms with Crippen molar-refractivity contribution < 1.29 is 4.79 Å². The molecule has 16 heavy (non-hydrogen) atoms. The Labute approximate surface area is 97.1 Å². The van der Waals surface area contributed by atoms with E-state index < -0.39 is 0 Å². The van der Waals surface area contributed by atoms with Crippen molar-refractivity contribution in [1.29, 1.82) is 0 Å². The third kappa shape index (κ3) is 2.63. The average Bonchev–Trinajstić information content (AvgIpc) is 3.12. The van der Waals surface area contributed by atoms with Crippen LogP contribution < -0.4 is 5.32 Å². The van der Waals surface area contributed by atoms with E-state index in [4.69, 9.17) is 0 Å². The van der Waals surface area contributed by atoms with Crippen LogP contribution in [0.1, 0.15) is 37.7 Å². The van der Waals surface area contributed by atoms with E-state index in [9.17, 15) is 4.79 Å². The summed E-state index contributed by atoms with van der Waals surface area (Å²) in [6.07, 6.45) is 3.39. The van der Waals surface area contributed by atoms with Gasteiger partial charge in [0.1, 0.15) is 0 Å². The molecule has 1 unspecified atom stereocenters. The molecule has 1 aliphatic rings. The highest BCUT2D eigenvalue weighted by Gasteiger charge is 2.36. The molecule has 1 atom stereocenters. The molecule has 1 saturated carbocycles. The summed E-state index contributed by atoms with van der Waals surface area (Å²) in [7, 11) is 0. The first-order valence-corrected chi connectivity index (χ1v) is 6.15. The minimum atomic E-state index is 0.0766. The van der Waals surface area contributed by atoms with Crippen LogP contribution in [0, 0.1) is 5.92 Å². The summed E-state index contributed by atoms with van der Waals surface area (Å²) in [4.78, 5) is 12.1. The van der Waals surface area contributed by atoms with Crippen molar-refractivity contribution >= 4 is 5.91 Å². The van der Waals surface area contributed by atoms with Gasteiger partial charge in [-0.05, 0) is 30.7 Å². The van der Waals surface area contributed by atoms with Gasteiger partial charge in [-0.1, -0.05) is 37.3 Å². The van der Waals surface area contributed by atoms with Crippen molar-refractivity contribution in [2.75, 3.05) is 6.54 Å². The summed E-state index contributed by atoms with van der Waals surface area (Å²) in [5.41, 5.74) is 1.17. The lowest BCUT2D eigenvalue weighted by molar-refractivity contribution is -0.123. The molecule has 2 rings (SSSR count). The van der Waals surface area contributed by atoms with Gasteiger partial charge >= 0.3 is 0 Å². The van der Waals surface area contributed by atoms with Crippen molar-refractivity contribution in [3.8, 4) is 0 Å². The standard InChI is InChI=1S/C14H19NO/c1-2-10-15-14(16)13(12-8-9-12)11-6-4-3-5-7-11/h3-7,12-13H,2,8-10H2,1H3,(H,15,16). The predicted molar refractivity (Wildman–Crippen MR) is 65.2 cm³/mol. The van der Waals surface area contributed by atoms with Crippen LogP contribution >= 0.6 is 0 Å². The second-order valence-electron chi connectivity index (χ2n) is 4.52. The fraction of sp³-hybridized carbons (Fsp3) is 0.500. The number of rotatable bonds is 5. The molecule has 0 spiro atoms. The van der Waals surface area contributed by atoms with Crippen LogP contribution in [0.2, 0.25) is 0 Å². The van der Waals surface area contributed by atoms with Gasteiger partial charge in [0.2, 0.25) is 5.91 Å². The molecule has 1 aliphatic carbocycles. The van der Waals surface area contributed by atoms with Crippen LogP contribution in [0.15, 0.2) is 30.3 Å². The SMILES string of the molecule is CCCNC(=O)C(c1ccccc1)C1CC1. The summed E-state index contributed by atoms with van der Waals surface area (Å²) in [6, 6.07) is 10.1. The third-order valence-corrected chi connectivity index (χ3v) is 3.08. The molecule has 0 saturated heterocycles. The van der Waals surface area contributed by atoms with Crippen molar-refractivity contribution in [2.24, 2.45) is 5.92 Å². The summed E-state index contributed by atoms with van der Waals surface area (Å²) in [6.45, 7) is 2.86. The van der Waals surface area contributed by atoms with Crippen LogP contribution in [-0.2, 0) is 4.79 Å². The van der Waals surface area contributed by atoms with E-state index >= 15 is 0 Å². The highest BCUT2D eigenvalue weighted by Crippen LogP contribution is 2.42. The van der Waals surface area contributed by atoms with Gasteiger partial charge in [0.25, 0.3) is 0 Å². The highest BCUT2D eigenvalue weighted by molar-refractivity contribution is 5.84. The van der Waals surface area contributed by atoms with Gasteiger partial charge in [-0.2, -0.15) is 0 Å². The number of nitrogens with one attached hydrogen (secondary N) is 1. The van der Waals surface area contributed by atoms with E-state index in [0.717, 1.165) is 13.0 Å². The van der Waals surface area contributed by atoms with Gasteiger partial charge in [-0.3, -0.25) is 4.79 Å². The summed E-state index contributed by atoms with van der Waals surface area (Å²) in [5.74, 6) is 0.850. The lowest BCUT2D eigenvalue weighted by Gasteiger charge is -2.16. The van der Waals surface area contributed by atoms with E-state index in [1.54, 1.807) is 0 Å². The fourth-order valence-corrected chi connectivity index (χ4v) is 2.09. The van der Waals surface area contributed by atoms with Gasteiger partial charge in [-0.15, -0.1) is 0 Å². The second-order valence-corrected chi connectivity index (χ2v) is 4.52. The average molecular weight is 217 g/mol. The molecule has 1 fully saturated rings. The Hall–Kier alpha value is -1.31. The molecular weight excluding hydrogens is 198 g/mol. The van der Waals surface area contributed by atoms with E-state index in [1.807, 2.05) is 18.2 Å². The number of amides is 1. The minimum absolute atomic E-state index is 0.0766. The maximum Gasteiger partial charge on any atom is 0.227 e. The Morgan fingerprint density at radius 1 is 1.38 bits per heavy atom. The van der Waals surface area contributed by atoms with Crippen LogP contribution in [0.3, 0.4) is 0 Å². The number of carbonyl (C=O) groups is 1. The maximum absolute atomic E-state index is 12.1. The zero-order valence-electron chi connectivity index (χ0n) is 9.78. The Bertz CT molecular complexity index is 343. The first-order chi connectivity index (χ1) is 7.83. The Morgan fingerprint density at radius 2 is 2.06 bits per heavy atom. The summed E-state index contributed by atoms with van der Waals surface area (Å²) < 4.78 is 0. The molecule has 2 heteroatoms. The predicted octanol–water partition coefficient (Wildman–Crippen LogP) is 2.71. The van der Waals surface area contributed by atoms with Crippen LogP contribution in [0.5, 0.6) is 0 Å². The Balaban J connectivity index is 2.08. The third-order valence-electron chi connectivity index (χ3n) is 3.08. The molecule has 0 heterocycles. The molecule has 0 aromatic heterocycles. The molecule has 1 aromatic carbocycles. The van der Waals surface area contributed by atoms with E-state index in [-0.39, 0.29) is 11.8 Å².